The molecular formula is C11H12N6O2. The van der Waals surface area contributed by atoms with Crippen LogP contribution in [0.4, 0.5) is 11.4 Å². The summed E-state index contributed by atoms with van der Waals surface area (Å²) in [7, 11) is 3.38. The first-order chi connectivity index (χ1) is 9.08. The minimum absolute atomic E-state index is 0.0994. The van der Waals surface area contributed by atoms with Gasteiger partial charge in [0.15, 0.2) is 5.69 Å². The molecule has 1 aromatic heterocycles. The molecule has 0 spiro atoms. The first kappa shape index (κ1) is 12.7. The number of hydrogen-bond donors (Lipinski definition) is 1. The molecule has 1 aromatic carbocycles. The lowest BCUT2D eigenvalue weighted by atomic mass is 10.1. The number of H-pyrrole nitrogens is 1. The Morgan fingerprint density at radius 3 is 2.79 bits per heavy atom. The first-order valence-corrected chi connectivity index (χ1v) is 5.44. The largest absolute Gasteiger partial charge is 0.345 e. The van der Waals surface area contributed by atoms with E-state index >= 15 is 0 Å². The molecule has 2 rings (SSSR count). The van der Waals surface area contributed by atoms with Crippen LogP contribution in [0.5, 0.6) is 0 Å². The van der Waals surface area contributed by atoms with Crippen molar-refractivity contribution in [2.45, 2.75) is 0 Å². The van der Waals surface area contributed by atoms with Gasteiger partial charge in [0.05, 0.1) is 23.1 Å². The fourth-order valence-electron chi connectivity index (χ4n) is 1.47. The number of aromatic nitrogens is 2. The summed E-state index contributed by atoms with van der Waals surface area (Å²) in [6.07, 6.45) is 3.11. The van der Waals surface area contributed by atoms with Gasteiger partial charge in [0.25, 0.3) is 5.69 Å². The third-order valence-electron chi connectivity index (χ3n) is 2.31. The van der Waals surface area contributed by atoms with Crippen molar-refractivity contribution in [2.75, 3.05) is 14.1 Å². The number of aromatic amines is 1. The Labute approximate surface area is 108 Å². The molecule has 0 saturated carbocycles. The zero-order valence-corrected chi connectivity index (χ0v) is 10.4. The van der Waals surface area contributed by atoms with Crippen molar-refractivity contribution < 1.29 is 4.92 Å². The standard InChI is InChI=1S/C11H12N6O2/c1-16(2)15-14-9-4-3-8(5-11(9)17(18)19)10-6-12-7-13-10/h3-7H,1-2H3,(H,12,13). The normalized spacial score (nSPS) is 10.8. The predicted molar refractivity (Wildman–Crippen MR) is 68.9 cm³/mol. The van der Waals surface area contributed by atoms with Gasteiger partial charge in [0.2, 0.25) is 0 Å². The molecule has 0 amide bonds. The van der Waals surface area contributed by atoms with Crippen LogP contribution in [0.15, 0.2) is 41.1 Å². The van der Waals surface area contributed by atoms with E-state index in [4.69, 9.17) is 0 Å². The summed E-state index contributed by atoms with van der Waals surface area (Å²) in [6, 6.07) is 4.73. The van der Waals surface area contributed by atoms with Crippen LogP contribution in [0.3, 0.4) is 0 Å². The molecule has 0 aliphatic carbocycles. The van der Waals surface area contributed by atoms with Gasteiger partial charge in [-0.25, -0.2) is 4.98 Å². The van der Waals surface area contributed by atoms with Gasteiger partial charge in [-0.1, -0.05) is 11.3 Å². The Hall–Kier alpha value is -2.77. The maximum absolute atomic E-state index is 11.1. The quantitative estimate of drug-likeness (QED) is 0.518. The molecule has 0 aliphatic heterocycles. The van der Waals surface area contributed by atoms with Crippen LogP contribution in [-0.2, 0) is 0 Å². The number of benzene rings is 1. The fraction of sp³-hybridized carbons (Fsp3) is 0.182. The molecule has 0 aliphatic rings. The van der Waals surface area contributed by atoms with E-state index in [1.165, 1.54) is 17.4 Å². The van der Waals surface area contributed by atoms with Gasteiger partial charge in [-0.2, -0.15) is 0 Å². The van der Waals surface area contributed by atoms with Crippen molar-refractivity contribution >= 4 is 11.4 Å². The number of imidazole rings is 1. The van der Waals surface area contributed by atoms with Gasteiger partial charge >= 0.3 is 0 Å². The van der Waals surface area contributed by atoms with Crippen LogP contribution < -0.4 is 0 Å². The average molecular weight is 260 g/mol. The zero-order valence-electron chi connectivity index (χ0n) is 10.4. The van der Waals surface area contributed by atoms with Crippen LogP contribution in [0.25, 0.3) is 11.3 Å². The highest BCUT2D eigenvalue weighted by molar-refractivity contribution is 5.69. The monoisotopic (exact) mass is 260 g/mol. The molecule has 0 atom stereocenters. The smallest absolute Gasteiger partial charge is 0.297 e. The lowest BCUT2D eigenvalue weighted by Crippen LogP contribution is -1.99. The van der Waals surface area contributed by atoms with Crippen molar-refractivity contribution in [2.24, 2.45) is 10.3 Å². The Morgan fingerprint density at radius 2 is 2.21 bits per heavy atom. The molecule has 2 aromatic rings. The number of hydrogen-bond acceptors (Lipinski definition) is 5. The van der Waals surface area contributed by atoms with Crippen LogP contribution in [0.2, 0.25) is 0 Å². The van der Waals surface area contributed by atoms with E-state index in [0.717, 1.165) is 0 Å². The van der Waals surface area contributed by atoms with Crippen LogP contribution in [0, 0.1) is 10.1 Å². The summed E-state index contributed by atoms with van der Waals surface area (Å²) in [5, 5.41) is 20.1. The van der Waals surface area contributed by atoms with Crippen LogP contribution >= 0.6 is 0 Å². The Bertz CT molecular complexity index is 606. The third kappa shape index (κ3) is 2.92. The molecule has 0 bridgehead atoms. The highest BCUT2D eigenvalue weighted by atomic mass is 16.6. The predicted octanol–water partition coefficient (Wildman–Crippen LogP) is 2.55. The maximum Gasteiger partial charge on any atom is 0.297 e. The number of rotatable bonds is 4. The second-order valence-electron chi connectivity index (χ2n) is 3.96. The summed E-state index contributed by atoms with van der Waals surface area (Å²) in [5.74, 6) is 0. The van der Waals surface area contributed by atoms with Crippen molar-refractivity contribution in [3.63, 3.8) is 0 Å². The zero-order chi connectivity index (χ0) is 13.8. The highest BCUT2D eigenvalue weighted by Crippen LogP contribution is 2.32. The van der Waals surface area contributed by atoms with E-state index in [-0.39, 0.29) is 11.4 Å². The highest BCUT2D eigenvalue weighted by Gasteiger charge is 2.15. The number of nitro groups is 1. The molecular weight excluding hydrogens is 248 g/mol. The molecule has 8 nitrogen and oxygen atoms in total. The van der Waals surface area contributed by atoms with Gasteiger partial charge < -0.3 is 4.98 Å². The summed E-state index contributed by atoms with van der Waals surface area (Å²) in [4.78, 5) is 17.3. The maximum atomic E-state index is 11.1. The summed E-state index contributed by atoms with van der Waals surface area (Å²) < 4.78 is 0. The Morgan fingerprint density at radius 1 is 1.42 bits per heavy atom. The van der Waals surface area contributed by atoms with E-state index in [1.54, 1.807) is 32.4 Å². The number of nitro benzene ring substituents is 1. The molecule has 0 saturated heterocycles. The van der Waals surface area contributed by atoms with E-state index in [2.05, 4.69) is 20.3 Å². The minimum Gasteiger partial charge on any atom is -0.345 e. The van der Waals surface area contributed by atoms with E-state index in [9.17, 15) is 10.1 Å². The Kier molecular flexibility index (Phi) is 3.51. The summed E-state index contributed by atoms with van der Waals surface area (Å²) in [5.41, 5.74) is 1.49. The number of nitrogens with one attached hydrogen (secondary N) is 1. The SMILES string of the molecule is CN(C)N=Nc1ccc(-c2cnc[nH]2)cc1[N+](=O)[O-]. The van der Waals surface area contributed by atoms with E-state index < -0.39 is 4.92 Å². The van der Waals surface area contributed by atoms with Crippen molar-refractivity contribution in [3.05, 3.63) is 40.8 Å². The fourth-order valence-corrected chi connectivity index (χ4v) is 1.47. The van der Waals surface area contributed by atoms with Gasteiger partial charge in [-0.3, -0.25) is 15.1 Å². The molecule has 19 heavy (non-hydrogen) atoms. The molecule has 0 unspecified atom stereocenters. The molecule has 98 valence electrons. The lowest BCUT2D eigenvalue weighted by Gasteiger charge is -2.03. The Balaban J connectivity index is 2.44. The van der Waals surface area contributed by atoms with Gasteiger partial charge in [-0.05, 0) is 6.07 Å². The topological polar surface area (TPSA) is 99.8 Å². The second-order valence-corrected chi connectivity index (χ2v) is 3.96. The molecule has 8 heteroatoms. The lowest BCUT2D eigenvalue weighted by molar-refractivity contribution is -0.384. The first-order valence-electron chi connectivity index (χ1n) is 5.44. The summed E-state index contributed by atoms with van der Waals surface area (Å²) in [6.45, 7) is 0. The van der Waals surface area contributed by atoms with Crippen LogP contribution in [-0.4, -0.2) is 34.0 Å². The van der Waals surface area contributed by atoms with E-state index in [1.807, 2.05) is 0 Å². The number of nitrogens with zero attached hydrogens (tertiary/aromatic N) is 5. The minimum atomic E-state index is -0.482. The van der Waals surface area contributed by atoms with Crippen LogP contribution in [0.1, 0.15) is 0 Å². The average Bonchev–Trinajstić information content (AvgIpc) is 2.89. The van der Waals surface area contributed by atoms with Gasteiger partial charge in [0.1, 0.15) is 0 Å². The van der Waals surface area contributed by atoms with Crippen molar-refractivity contribution in [3.8, 4) is 11.3 Å². The molecule has 0 fully saturated rings. The molecule has 1 N–H and O–H groups in total. The second kappa shape index (κ2) is 5.25. The molecule has 0 radical (unpaired) electrons. The third-order valence-corrected chi connectivity index (χ3v) is 2.31. The molecule has 1 heterocycles. The summed E-state index contributed by atoms with van der Waals surface area (Å²) >= 11 is 0. The van der Waals surface area contributed by atoms with Crippen molar-refractivity contribution in [1.29, 1.82) is 0 Å². The van der Waals surface area contributed by atoms with E-state index in [0.29, 0.717) is 11.3 Å². The van der Waals surface area contributed by atoms with Gasteiger partial charge in [0, 0.05) is 25.7 Å². The van der Waals surface area contributed by atoms with Gasteiger partial charge in [-0.15, -0.1) is 5.11 Å². The van der Waals surface area contributed by atoms with Crippen molar-refractivity contribution in [1.82, 2.24) is 15.0 Å².